The van der Waals surface area contributed by atoms with Crippen LogP contribution in [0.4, 0.5) is 0 Å². The number of rotatable bonds is 0. The average Bonchev–Trinajstić information content (AvgIpc) is 4.47. The quantitative estimate of drug-likeness (QED) is 0.151. The van der Waals surface area contributed by atoms with Crippen LogP contribution in [0.1, 0.15) is 205 Å². The summed E-state index contributed by atoms with van der Waals surface area (Å²) in [6, 6.07) is 0. The van der Waals surface area contributed by atoms with Crippen molar-refractivity contribution in [1.82, 2.24) is 85.1 Å². The Morgan fingerprint density at radius 3 is 0.235 bits per heavy atom. The normalized spacial score (nSPS) is 56.9. The molecule has 0 amide bonds. The van der Waals surface area contributed by atoms with Crippen LogP contribution in [-0.4, -0.2) is 98.7 Å². The van der Waals surface area contributed by atoms with Crippen LogP contribution in [0, 0.1) is 144 Å². The Morgan fingerprint density at radius 1 is 0.111 bits per heavy atom. The third-order valence-electron chi connectivity index (χ3n) is 27.6. The standard InChI is InChI=1S/2C32H56N8.Eu/c2*1-2-10-18-17(9-1)25-33-26(18)38-28-21-13-5-6-14-22(21)30(35-28)40-32-24-16-8-7-15-23(24)31(36-32)39-29-20-12-4-3-11-19(20)27(34-29)37-25;/h2*17-40H,1-16H2;. The first-order valence-corrected chi connectivity index (χ1v) is 35.8. The first-order chi connectivity index (χ1) is 39.6. The predicted octanol–water partition coefficient (Wildman–Crippen LogP) is 5.21. The fourth-order valence-corrected chi connectivity index (χ4v) is 23.9. The first-order valence-electron chi connectivity index (χ1n) is 35.8. The molecule has 0 aromatic rings. The van der Waals surface area contributed by atoms with Gasteiger partial charge in [-0.05, 0) is 197 Å². The molecular formula is C64H112EuN16. The summed E-state index contributed by atoms with van der Waals surface area (Å²) >= 11 is 0. The van der Waals surface area contributed by atoms with Gasteiger partial charge >= 0.3 is 0 Å². The number of hydrogen-bond acceptors (Lipinski definition) is 16. The SMILES string of the molecule is C1CCC2C3NC(NC4NC(NC5NC(NC6NC(N3)C3CCCCC63)C3CCCCC53)C3CCCCC43)C2C1.C1CCC2C3NC(NC4NC(NC5NC(NC6NC(N3)C3CCCCC63)C3CCCCC53)C3CCCCC43)C2C1.[Eu]. The van der Waals surface area contributed by atoms with Crippen LogP contribution in [0.3, 0.4) is 0 Å². The Labute approximate surface area is 528 Å². The molecule has 16 atom stereocenters. The van der Waals surface area contributed by atoms with Crippen LogP contribution < -0.4 is 85.1 Å². The van der Waals surface area contributed by atoms with Crippen molar-refractivity contribution in [3.63, 3.8) is 0 Å². The zero-order valence-corrected chi connectivity index (χ0v) is 51.9. The van der Waals surface area contributed by atoms with Crippen molar-refractivity contribution in [2.45, 2.75) is 304 Å². The van der Waals surface area contributed by atoms with Gasteiger partial charge in [-0.15, -0.1) is 0 Å². The molecule has 18 fully saturated rings. The molecule has 10 saturated heterocycles. The minimum absolute atomic E-state index is 0. The monoisotopic (exact) mass is 1260 g/mol. The van der Waals surface area contributed by atoms with E-state index in [0.717, 1.165) is 94.7 Å². The van der Waals surface area contributed by atoms with Gasteiger partial charge < -0.3 is 0 Å². The van der Waals surface area contributed by atoms with Crippen LogP contribution in [0.15, 0.2) is 0 Å². The molecule has 18 aliphatic rings. The van der Waals surface area contributed by atoms with Crippen LogP contribution in [0.2, 0.25) is 0 Å². The van der Waals surface area contributed by atoms with Gasteiger partial charge in [-0.1, -0.05) is 103 Å². The molecule has 8 aliphatic carbocycles. The predicted molar refractivity (Wildman–Crippen MR) is 314 cm³/mol. The molecule has 10 heterocycles. The van der Waals surface area contributed by atoms with E-state index in [1.165, 1.54) is 205 Å². The Hall–Kier alpha value is 0.944. The second-order valence-electron chi connectivity index (χ2n) is 31.2. The van der Waals surface area contributed by atoms with Gasteiger partial charge in [-0.3, -0.25) is 85.1 Å². The second kappa shape index (κ2) is 24.6. The summed E-state index contributed by atoms with van der Waals surface area (Å²) in [7, 11) is 0. The number of nitrogens with one attached hydrogen (secondary N) is 16. The van der Waals surface area contributed by atoms with Gasteiger partial charge in [0.25, 0.3) is 0 Å². The van der Waals surface area contributed by atoms with E-state index in [0.29, 0.717) is 98.7 Å². The molecule has 16 bridgehead atoms. The van der Waals surface area contributed by atoms with E-state index >= 15 is 0 Å². The molecule has 10 aliphatic heterocycles. The second-order valence-corrected chi connectivity index (χ2v) is 31.2. The Kier molecular flexibility index (Phi) is 17.4. The summed E-state index contributed by atoms with van der Waals surface area (Å²) in [4.78, 5) is 0. The summed E-state index contributed by atoms with van der Waals surface area (Å²) in [5.74, 6) is 11.9. The van der Waals surface area contributed by atoms with Crippen molar-refractivity contribution in [3.8, 4) is 0 Å². The van der Waals surface area contributed by atoms with Crippen LogP contribution in [0.5, 0.6) is 0 Å². The zero-order chi connectivity index (χ0) is 52.4. The number of hydrogen-bond donors (Lipinski definition) is 16. The van der Waals surface area contributed by atoms with E-state index in [2.05, 4.69) is 85.1 Å². The molecule has 0 aromatic carbocycles. The molecule has 0 aromatic heterocycles. The molecular weight excluding hydrogens is 1140 g/mol. The van der Waals surface area contributed by atoms with Gasteiger partial charge in [0, 0.05) is 49.4 Å². The molecule has 81 heavy (non-hydrogen) atoms. The Balaban J connectivity index is 0.000000132. The molecule has 16 unspecified atom stereocenters. The van der Waals surface area contributed by atoms with Gasteiger partial charge in [-0.2, -0.15) is 0 Å². The fourth-order valence-electron chi connectivity index (χ4n) is 23.9. The third-order valence-corrected chi connectivity index (χ3v) is 27.6. The van der Waals surface area contributed by atoms with Crippen LogP contribution in [0.25, 0.3) is 0 Å². The van der Waals surface area contributed by atoms with Gasteiger partial charge in [0.05, 0.1) is 98.7 Å². The summed E-state index contributed by atoms with van der Waals surface area (Å²) in [6.07, 6.45) is 51.1. The zero-order valence-electron chi connectivity index (χ0n) is 49.5. The van der Waals surface area contributed by atoms with Crippen molar-refractivity contribution in [3.05, 3.63) is 0 Å². The van der Waals surface area contributed by atoms with Crippen molar-refractivity contribution in [1.29, 1.82) is 0 Å². The molecule has 0 spiro atoms. The van der Waals surface area contributed by atoms with E-state index in [-0.39, 0.29) is 49.4 Å². The largest absolute Gasteiger partial charge is 0.286 e. The molecule has 1 radical (unpaired) electrons. The molecule has 455 valence electrons. The van der Waals surface area contributed by atoms with E-state index < -0.39 is 0 Å². The smallest absolute Gasteiger partial charge is 0.0628 e. The third kappa shape index (κ3) is 10.7. The maximum Gasteiger partial charge on any atom is 0.0628 e. The van der Waals surface area contributed by atoms with E-state index in [4.69, 9.17) is 0 Å². The molecule has 18 rings (SSSR count). The van der Waals surface area contributed by atoms with E-state index in [1.54, 1.807) is 0 Å². The summed E-state index contributed by atoms with van der Waals surface area (Å²) in [5, 5.41) is 67.6. The Morgan fingerprint density at radius 2 is 0.173 bits per heavy atom. The van der Waals surface area contributed by atoms with Gasteiger partial charge in [0.1, 0.15) is 0 Å². The summed E-state index contributed by atoms with van der Waals surface area (Å²) < 4.78 is 0. The van der Waals surface area contributed by atoms with Crippen molar-refractivity contribution in [2.75, 3.05) is 0 Å². The van der Waals surface area contributed by atoms with Crippen LogP contribution in [-0.2, 0) is 0 Å². The molecule has 17 heteroatoms. The topological polar surface area (TPSA) is 192 Å². The van der Waals surface area contributed by atoms with Crippen molar-refractivity contribution in [2.24, 2.45) is 94.7 Å². The van der Waals surface area contributed by atoms with Gasteiger partial charge in [0.2, 0.25) is 0 Å². The minimum atomic E-state index is 0. The summed E-state index contributed by atoms with van der Waals surface area (Å²) in [5.41, 5.74) is 0. The minimum Gasteiger partial charge on any atom is -0.286 e. The first kappa shape index (κ1) is 57.1. The molecule has 8 saturated carbocycles. The van der Waals surface area contributed by atoms with Crippen LogP contribution >= 0.6 is 0 Å². The maximum absolute atomic E-state index is 4.26. The van der Waals surface area contributed by atoms with Gasteiger partial charge in [-0.25, -0.2) is 0 Å². The number of fused-ring (bicyclic) bond motifs is 40. The van der Waals surface area contributed by atoms with E-state index in [9.17, 15) is 0 Å². The van der Waals surface area contributed by atoms with Gasteiger partial charge in [0.15, 0.2) is 0 Å². The van der Waals surface area contributed by atoms with Crippen molar-refractivity contribution >= 4 is 0 Å². The molecule has 16 nitrogen and oxygen atoms in total. The molecule has 16 N–H and O–H groups in total. The van der Waals surface area contributed by atoms with Crippen molar-refractivity contribution < 1.29 is 49.4 Å². The fraction of sp³-hybridized carbons (Fsp3) is 1.00. The Bertz CT molecular complexity index is 1570. The maximum atomic E-state index is 4.26. The summed E-state index contributed by atoms with van der Waals surface area (Å²) in [6.45, 7) is 0. The van der Waals surface area contributed by atoms with E-state index in [1.807, 2.05) is 0 Å². The average molecular weight is 1260 g/mol.